The largest absolute Gasteiger partial charge is 0.455 e. The Balaban J connectivity index is 1.29. The lowest BCUT2D eigenvalue weighted by molar-refractivity contribution is 0.592. The summed E-state index contributed by atoms with van der Waals surface area (Å²) in [5.74, 6) is 0.274. The van der Waals surface area contributed by atoms with Gasteiger partial charge in [0.1, 0.15) is 22.8 Å². The molecule has 0 atom stereocenters. The van der Waals surface area contributed by atoms with Crippen LogP contribution in [0, 0.1) is 11.6 Å². The molecule has 0 N–H and O–H groups in total. The highest BCUT2D eigenvalue weighted by Crippen LogP contribution is 2.44. The van der Waals surface area contributed by atoms with Crippen LogP contribution in [0.25, 0.3) is 67.2 Å². The molecule has 0 aliphatic rings. The SMILES string of the molecule is O=P(c1ccccc1)(c1ccccc1)c1cccc(-c2cc(-c3nc(-c4ccc(F)cc4)nc(-c4ccc(F)cc4)n3)cc3c2oc2ccccc23)c1. The summed E-state index contributed by atoms with van der Waals surface area (Å²) in [6.07, 6.45) is 0. The van der Waals surface area contributed by atoms with Crippen LogP contribution in [0.1, 0.15) is 0 Å². The number of aromatic nitrogens is 3. The predicted octanol–water partition coefficient (Wildman–Crippen LogP) is 10.4. The highest BCUT2D eigenvalue weighted by molar-refractivity contribution is 7.85. The smallest absolute Gasteiger partial charge is 0.171 e. The molecule has 0 unspecified atom stereocenters. The number of nitrogens with zero attached hydrogens (tertiary/aromatic N) is 3. The average Bonchev–Trinajstić information content (AvgIpc) is 3.60. The number of fused-ring (bicyclic) bond motifs is 3. The van der Waals surface area contributed by atoms with Crippen LogP contribution < -0.4 is 15.9 Å². The Morgan fingerprint density at radius 2 is 0.943 bits per heavy atom. The Bertz CT molecular complexity index is 2720. The standard InChI is InChI=1S/C45H28F2N3O2P/c46-33-22-18-29(19-23-33)43-48-44(30-20-24-34(47)25-21-30)50-45(49-43)32-27-39(42-40(28-32)38-16-7-8-17-41(38)52-42)31-10-9-15-37(26-31)53(51,35-11-3-1-4-12-35)36-13-5-2-6-14-36/h1-28H. The summed E-state index contributed by atoms with van der Waals surface area (Å²) >= 11 is 0. The van der Waals surface area contributed by atoms with E-state index in [2.05, 4.69) is 0 Å². The third kappa shape index (κ3) is 5.91. The number of halogens is 2. The molecule has 0 fully saturated rings. The third-order valence-electron chi connectivity index (χ3n) is 9.34. The predicted molar refractivity (Wildman–Crippen MR) is 208 cm³/mol. The van der Waals surface area contributed by atoms with Crippen LogP contribution in [-0.2, 0) is 4.57 Å². The van der Waals surface area contributed by atoms with E-state index in [0.29, 0.717) is 50.6 Å². The van der Waals surface area contributed by atoms with Gasteiger partial charge in [-0.3, -0.25) is 0 Å². The minimum Gasteiger partial charge on any atom is -0.455 e. The summed E-state index contributed by atoms with van der Waals surface area (Å²) in [4.78, 5) is 14.5. The zero-order valence-electron chi connectivity index (χ0n) is 28.0. The molecule has 0 aliphatic carbocycles. The van der Waals surface area contributed by atoms with Crippen LogP contribution in [0.5, 0.6) is 0 Å². The molecule has 53 heavy (non-hydrogen) atoms. The molecule has 9 rings (SSSR count). The quantitative estimate of drug-likeness (QED) is 0.154. The summed E-state index contributed by atoms with van der Waals surface area (Å²) in [6, 6.07) is 50.6. The number of benzene rings is 7. The van der Waals surface area contributed by atoms with Crippen molar-refractivity contribution in [2.45, 2.75) is 0 Å². The first kappa shape index (κ1) is 32.4. The first-order chi connectivity index (χ1) is 25.9. The number of furan rings is 1. The van der Waals surface area contributed by atoms with Gasteiger partial charge in [-0.05, 0) is 78.4 Å². The van der Waals surface area contributed by atoms with Gasteiger partial charge >= 0.3 is 0 Å². The topological polar surface area (TPSA) is 68.9 Å². The van der Waals surface area contributed by atoms with Crippen molar-refractivity contribution >= 4 is 45.0 Å². The van der Waals surface area contributed by atoms with E-state index in [1.807, 2.05) is 121 Å². The monoisotopic (exact) mass is 711 g/mol. The van der Waals surface area contributed by atoms with Gasteiger partial charge in [0.25, 0.3) is 0 Å². The highest BCUT2D eigenvalue weighted by Gasteiger charge is 2.30. The minimum atomic E-state index is -3.29. The zero-order chi connectivity index (χ0) is 35.9. The Kier molecular flexibility index (Phi) is 8.06. The molecule has 0 radical (unpaired) electrons. The molecular weight excluding hydrogens is 683 g/mol. The molecule has 0 saturated heterocycles. The molecule has 0 amide bonds. The second-order valence-electron chi connectivity index (χ2n) is 12.6. The van der Waals surface area contributed by atoms with Crippen molar-refractivity contribution in [1.82, 2.24) is 15.0 Å². The Morgan fingerprint density at radius 3 is 1.53 bits per heavy atom. The van der Waals surface area contributed by atoms with Crippen LogP contribution in [0.2, 0.25) is 0 Å². The molecule has 254 valence electrons. The highest BCUT2D eigenvalue weighted by atomic mass is 31.2. The summed E-state index contributed by atoms with van der Waals surface area (Å²) in [5, 5.41) is 3.91. The molecule has 0 aliphatic heterocycles. The fourth-order valence-electron chi connectivity index (χ4n) is 6.72. The molecule has 9 aromatic rings. The van der Waals surface area contributed by atoms with Crippen molar-refractivity contribution < 1.29 is 17.8 Å². The molecule has 0 saturated carbocycles. The van der Waals surface area contributed by atoms with Gasteiger partial charge < -0.3 is 8.98 Å². The van der Waals surface area contributed by atoms with Crippen LogP contribution in [0.15, 0.2) is 174 Å². The van der Waals surface area contributed by atoms with Crippen LogP contribution >= 0.6 is 7.14 Å². The van der Waals surface area contributed by atoms with Crippen LogP contribution in [0.3, 0.4) is 0 Å². The number of hydrogen-bond acceptors (Lipinski definition) is 5. The molecule has 0 bridgehead atoms. The van der Waals surface area contributed by atoms with Crippen molar-refractivity contribution in [3.05, 3.63) is 181 Å². The number of hydrogen-bond donors (Lipinski definition) is 0. The summed E-state index contributed by atoms with van der Waals surface area (Å²) in [7, 11) is -3.29. The second-order valence-corrected chi connectivity index (χ2v) is 15.4. The van der Waals surface area contributed by atoms with Gasteiger partial charge in [-0.2, -0.15) is 0 Å². The van der Waals surface area contributed by atoms with E-state index in [4.69, 9.17) is 19.4 Å². The Hall–Kier alpha value is -6.56. The molecule has 2 aromatic heterocycles. The molecular formula is C45H28F2N3O2P. The normalized spacial score (nSPS) is 11.7. The van der Waals surface area contributed by atoms with Gasteiger partial charge in [0, 0.05) is 48.9 Å². The maximum absolute atomic E-state index is 15.4. The number of para-hydroxylation sites is 1. The van der Waals surface area contributed by atoms with Crippen molar-refractivity contribution in [3.63, 3.8) is 0 Å². The first-order valence-corrected chi connectivity index (χ1v) is 18.7. The van der Waals surface area contributed by atoms with Gasteiger partial charge in [0.2, 0.25) is 0 Å². The first-order valence-electron chi connectivity index (χ1n) is 17.0. The van der Waals surface area contributed by atoms with Crippen molar-refractivity contribution in [2.75, 3.05) is 0 Å². The maximum atomic E-state index is 15.4. The van der Waals surface area contributed by atoms with E-state index in [9.17, 15) is 8.78 Å². The van der Waals surface area contributed by atoms with Gasteiger partial charge in [-0.1, -0.05) is 97.1 Å². The molecule has 0 spiro atoms. The van der Waals surface area contributed by atoms with Crippen molar-refractivity contribution in [2.24, 2.45) is 0 Å². The number of rotatable bonds is 7. The maximum Gasteiger partial charge on any atom is 0.171 e. The lowest BCUT2D eigenvalue weighted by atomic mass is 9.98. The average molecular weight is 712 g/mol. The van der Waals surface area contributed by atoms with E-state index in [-0.39, 0.29) is 11.6 Å². The van der Waals surface area contributed by atoms with Gasteiger partial charge in [-0.25, -0.2) is 23.7 Å². The molecule has 7 aromatic carbocycles. The van der Waals surface area contributed by atoms with Gasteiger partial charge in [0.05, 0.1) is 0 Å². The van der Waals surface area contributed by atoms with Gasteiger partial charge in [-0.15, -0.1) is 0 Å². The van der Waals surface area contributed by atoms with Crippen molar-refractivity contribution in [1.29, 1.82) is 0 Å². The summed E-state index contributed by atoms with van der Waals surface area (Å²) < 4.78 is 49.8. The van der Waals surface area contributed by atoms with E-state index < -0.39 is 7.14 Å². The summed E-state index contributed by atoms with van der Waals surface area (Å²) in [5.41, 5.74) is 4.80. The third-order valence-corrected chi connectivity index (χ3v) is 12.4. The fraction of sp³-hybridized carbons (Fsp3) is 0. The zero-order valence-corrected chi connectivity index (χ0v) is 28.9. The fourth-order valence-corrected chi connectivity index (χ4v) is 9.42. The van der Waals surface area contributed by atoms with Crippen LogP contribution in [0.4, 0.5) is 8.78 Å². The molecule has 8 heteroatoms. The lowest BCUT2D eigenvalue weighted by Gasteiger charge is -2.20. The van der Waals surface area contributed by atoms with Crippen molar-refractivity contribution in [3.8, 4) is 45.3 Å². The Labute approximate surface area is 303 Å². The molecule has 2 heterocycles. The van der Waals surface area contributed by atoms with E-state index >= 15 is 4.57 Å². The van der Waals surface area contributed by atoms with Crippen LogP contribution in [-0.4, -0.2) is 15.0 Å². The summed E-state index contributed by atoms with van der Waals surface area (Å²) in [6.45, 7) is 0. The van der Waals surface area contributed by atoms with E-state index in [1.54, 1.807) is 24.3 Å². The molecule has 5 nitrogen and oxygen atoms in total. The Morgan fingerprint density at radius 1 is 0.434 bits per heavy atom. The lowest BCUT2D eigenvalue weighted by Crippen LogP contribution is -2.25. The minimum absolute atomic E-state index is 0.335. The van der Waals surface area contributed by atoms with E-state index in [0.717, 1.165) is 32.5 Å². The van der Waals surface area contributed by atoms with Gasteiger partial charge in [0.15, 0.2) is 24.6 Å². The van der Waals surface area contributed by atoms with E-state index in [1.165, 1.54) is 24.3 Å². The second kappa shape index (κ2) is 13.2.